The topological polar surface area (TPSA) is 56.7 Å². The molecule has 2 aromatic carbocycles. The highest BCUT2D eigenvalue weighted by atomic mass is 16.2. The van der Waals surface area contributed by atoms with Crippen LogP contribution in [0.1, 0.15) is 40.7 Å². The molecule has 0 aromatic heterocycles. The number of hydrogen-bond acceptors (Lipinski definition) is 2. The number of amides is 1. The zero-order valence-electron chi connectivity index (χ0n) is 17.2. The van der Waals surface area contributed by atoms with E-state index in [1.165, 1.54) is 18.4 Å². The van der Waals surface area contributed by atoms with Crippen LogP contribution in [0.3, 0.4) is 0 Å². The summed E-state index contributed by atoms with van der Waals surface area (Å²) in [5.41, 5.74) is 3.22. The van der Waals surface area contributed by atoms with Gasteiger partial charge in [-0.15, -0.1) is 0 Å². The smallest absolute Gasteiger partial charge is 0.253 e. The van der Waals surface area contributed by atoms with Gasteiger partial charge in [0.05, 0.1) is 0 Å². The van der Waals surface area contributed by atoms with Gasteiger partial charge in [0.2, 0.25) is 0 Å². The molecule has 0 saturated heterocycles. The molecule has 0 spiro atoms. The van der Waals surface area contributed by atoms with E-state index >= 15 is 0 Å². The minimum absolute atomic E-state index is 0.0178. The van der Waals surface area contributed by atoms with Gasteiger partial charge in [-0.2, -0.15) is 0 Å². The van der Waals surface area contributed by atoms with Crippen LogP contribution in [0.4, 0.5) is 0 Å². The first-order chi connectivity index (χ1) is 13.6. The van der Waals surface area contributed by atoms with Gasteiger partial charge in [0.1, 0.15) is 0 Å². The maximum atomic E-state index is 11.9. The number of rotatable bonds is 9. The van der Waals surface area contributed by atoms with Crippen LogP contribution in [0.2, 0.25) is 0 Å². The van der Waals surface area contributed by atoms with E-state index < -0.39 is 0 Å². The van der Waals surface area contributed by atoms with E-state index in [0.717, 1.165) is 30.9 Å². The summed E-state index contributed by atoms with van der Waals surface area (Å²) in [5, 5.41) is 6.68. The molecule has 0 bridgehead atoms. The minimum Gasteiger partial charge on any atom is -0.356 e. The maximum Gasteiger partial charge on any atom is 0.253 e. The number of aryl methyl sites for hydroxylation is 1. The predicted molar refractivity (Wildman–Crippen MR) is 117 cm³/mol. The Bertz CT molecular complexity index is 739. The molecule has 2 N–H and O–H groups in total. The minimum atomic E-state index is 0.0178. The van der Waals surface area contributed by atoms with Gasteiger partial charge in [0.25, 0.3) is 5.91 Å². The molecular weight excluding hydrogens is 348 g/mol. The SMILES string of the molecule is CN=C(NCCCCCc1ccccc1)NCc1ccc(C(=O)N(C)C)cc1. The predicted octanol–water partition coefficient (Wildman–Crippen LogP) is 3.47. The Balaban J connectivity index is 1.64. The van der Waals surface area contributed by atoms with Crippen molar-refractivity contribution < 1.29 is 4.79 Å². The molecule has 150 valence electrons. The van der Waals surface area contributed by atoms with E-state index in [1.807, 2.05) is 24.3 Å². The van der Waals surface area contributed by atoms with Gasteiger partial charge in [0, 0.05) is 39.8 Å². The maximum absolute atomic E-state index is 11.9. The number of carbonyl (C=O) groups is 1. The Hall–Kier alpha value is -2.82. The number of nitrogens with zero attached hydrogens (tertiary/aromatic N) is 2. The van der Waals surface area contributed by atoms with Gasteiger partial charge in [-0.05, 0) is 42.5 Å². The molecule has 2 aromatic rings. The third-order valence-electron chi connectivity index (χ3n) is 4.57. The lowest BCUT2D eigenvalue weighted by Gasteiger charge is -2.13. The van der Waals surface area contributed by atoms with Crippen LogP contribution in [-0.2, 0) is 13.0 Å². The van der Waals surface area contributed by atoms with Crippen molar-refractivity contribution in [2.24, 2.45) is 4.99 Å². The van der Waals surface area contributed by atoms with Crippen LogP contribution in [0.5, 0.6) is 0 Å². The molecule has 0 fully saturated rings. The molecule has 0 unspecified atom stereocenters. The summed E-state index contributed by atoms with van der Waals surface area (Å²) in [4.78, 5) is 17.8. The summed E-state index contributed by atoms with van der Waals surface area (Å²) in [5.74, 6) is 0.820. The Morgan fingerprint density at radius 3 is 2.25 bits per heavy atom. The van der Waals surface area contributed by atoms with Crippen LogP contribution in [0.25, 0.3) is 0 Å². The number of benzene rings is 2. The summed E-state index contributed by atoms with van der Waals surface area (Å²) in [6.07, 6.45) is 4.66. The standard InChI is InChI=1S/C23H32N4O/c1-24-23(25-17-9-5-8-12-19-10-6-4-7-11-19)26-18-20-13-15-21(16-14-20)22(28)27(2)3/h4,6-7,10-11,13-16H,5,8-9,12,17-18H2,1-3H3,(H2,24,25,26). The molecule has 28 heavy (non-hydrogen) atoms. The van der Waals surface area contributed by atoms with E-state index in [0.29, 0.717) is 12.1 Å². The van der Waals surface area contributed by atoms with E-state index in [9.17, 15) is 4.79 Å². The van der Waals surface area contributed by atoms with Crippen molar-refractivity contribution in [2.75, 3.05) is 27.7 Å². The van der Waals surface area contributed by atoms with Crippen molar-refractivity contribution in [3.8, 4) is 0 Å². The highest BCUT2D eigenvalue weighted by Crippen LogP contribution is 2.07. The van der Waals surface area contributed by atoms with Crippen molar-refractivity contribution in [1.82, 2.24) is 15.5 Å². The fourth-order valence-electron chi connectivity index (χ4n) is 2.91. The number of hydrogen-bond donors (Lipinski definition) is 2. The van der Waals surface area contributed by atoms with Gasteiger partial charge in [0.15, 0.2) is 5.96 Å². The molecule has 0 saturated carbocycles. The monoisotopic (exact) mass is 380 g/mol. The molecule has 0 heterocycles. The number of carbonyl (C=O) groups excluding carboxylic acids is 1. The summed E-state index contributed by atoms with van der Waals surface area (Å²) in [6.45, 7) is 1.58. The zero-order valence-corrected chi connectivity index (χ0v) is 17.2. The van der Waals surface area contributed by atoms with E-state index in [-0.39, 0.29) is 5.91 Å². The number of aliphatic imine (C=N–C) groups is 1. The van der Waals surface area contributed by atoms with Gasteiger partial charge < -0.3 is 15.5 Å². The average Bonchev–Trinajstić information content (AvgIpc) is 2.73. The molecule has 0 radical (unpaired) electrons. The highest BCUT2D eigenvalue weighted by molar-refractivity contribution is 5.93. The molecular formula is C23H32N4O. The number of guanidine groups is 1. The lowest BCUT2D eigenvalue weighted by molar-refractivity contribution is 0.0827. The van der Waals surface area contributed by atoms with Crippen molar-refractivity contribution in [2.45, 2.75) is 32.2 Å². The third kappa shape index (κ3) is 7.43. The summed E-state index contributed by atoms with van der Waals surface area (Å²) < 4.78 is 0. The lowest BCUT2D eigenvalue weighted by atomic mass is 10.1. The van der Waals surface area contributed by atoms with Crippen LogP contribution in [-0.4, -0.2) is 44.5 Å². The average molecular weight is 381 g/mol. The highest BCUT2D eigenvalue weighted by Gasteiger charge is 2.07. The first-order valence-corrected chi connectivity index (χ1v) is 9.89. The Morgan fingerprint density at radius 2 is 1.61 bits per heavy atom. The lowest BCUT2D eigenvalue weighted by Crippen LogP contribution is -2.37. The first-order valence-electron chi connectivity index (χ1n) is 9.89. The van der Waals surface area contributed by atoms with Crippen LogP contribution >= 0.6 is 0 Å². The van der Waals surface area contributed by atoms with Crippen LogP contribution < -0.4 is 10.6 Å². The van der Waals surface area contributed by atoms with Crippen molar-refractivity contribution in [3.63, 3.8) is 0 Å². The van der Waals surface area contributed by atoms with E-state index in [2.05, 4.69) is 46.0 Å². The van der Waals surface area contributed by atoms with Gasteiger partial charge in [-0.3, -0.25) is 9.79 Å². The third-order valence-corrected chi connectivity index (χ3v) is 4.57. The molecule has 0 aliphatic rings. The van der Waals surface area contributed by atoms with Crippen molar-refractivity contribution in [3.05, 3.63) is 71.3 Å². The van der Waals surface area contributed by atoms with Gasteiger partial charge in [-0.1, -0.05) is 48.9 Å². The quantitative estimate of drug-likeness (QED) is 0.398. The molecule has 0 atom stereocenters. The number of unbranched alkanes of at least 4 members (excludes halogenated alkanes) is 2. The molecule has 5 nitrogen and oxygen atoms in total. The Morgan fingerprint density at radius 1 is 0.893 bits per heavy atom. The normalized spacial score (nSPS) is 11.2. The van der Waals surface area contributed by atoms with Crippen molar-refractivity contribution >= 4 is 11.9 Å². The van der Waals surface area contributed by atoms with E-state index in [1.54, 1.807) is 26.0 Å². The fraction of sp³-hybridized carbons (Fsp3) is 0.391. The Kier molecular flexibility index (Phi) is 9.05. The summed E-state index contributed by atoms with van der Waals surface area (Å²) in [7, 11) is 5.30. The molecule has 1 amide bonds. The summed E-state index contributed by atoms with van der Waals surface area (Å²) >= 11 is 0. The molecule has 0 aliphatic carbocycles. The van der Waals surface area contributed by atoms with Gasteiger partial charge >= 0.3 is 0 Å². The second-order valence-electron chi connectivity index (χ2n) is 7.05. The first kappa shape index (κ1) is 21.5. The zero-order chi connectivity index (χ0) is 20.2. The number of nitrogens with one attached hydrogen (secondary N) is 2. The van der Waals surface area contributed by atoms with Crippen LogP contribution in [0.15, 0.2) is 59.6 Å². The fourth-order valence-corrected chi connectivity index (χ4v) is 2.91. The Labute approximate surface area is 168 Å². The molecule has 5 heteroatoms. The van der Waals surface area contributed by atoms with Crippen molar-refractivity contribution in [1.29, 1.82) is 0 Å². The van der Waals surface area contributed by atoms with E-state index in [4.69, 9.17) is 0 Å². The second kappa shape index (κ2) is 11.8. The molecule has 2 rings (SSSR count). The largest absolute Gasteiger partial charge is 0.356 e. The van der Waals surface area contributed by atoms with Crippen LogP contribution in [0, 0.1) is 0 Å². The second-order valence-corrected chi connectivity index (χ2v) is 7.05. The summed E-state index contributed by atoms with van der Waals surface area (Å²) in [6, 6.07) is 18.3. The molecule has 0 aliphatic heterocycles. The van der Waals surface area contributed by atoms with Gasteiger partial charge in [-0.25, -0.2) is 0 Å².